The van der Waals surface area contributed by atoms with E-state index in [-0.39, 0.29) is 0 Å². The van der Waals surface area contributed by atoms with Crippen LogP contribution >= 0.6 is 11.6 Å². The van der Waals surface area contributed by atoms with Crippen LogP contribution in [0.15, 0.2) is 78.9 Å². The molecule has 0 radical (unpaired) electrons. The third kappa shape index (κ3) is 4.21. The Morgan fingerprint density at radius 2 is 1.52 bits per heavy atom. The van der Waals surface area contributed by atoms with E-state index in [1.54, 1.807) is 0 Å². The maximum Gasteiger partial charge on any atom is 0.124 e. The second-order valence-electron chi connectivity index (χ2n) is 6.89. The summed E-state index contributed by atoms with van der Waals surface area (Å²) in [5, 5.41) is 0.737. The maximum absolute atomic E-state index is 6.26. The Balaban J connectivity index is 1.65. The number of imidazole rings is 1. The monoisotopic (exact) mass is 375 g/mol. The minimum Gasteiger partial charge on any atom is -0.322 e. The summed E-state index contributed by atoms with van der Waals surface area (Å²) in [5.41, 5.74) is 4.62. The molecule has 0 aliphatic rings. The predicted octanol–water partition coefficient (Wildman–Crippen LogP) is 5.37. The zero-order valence-electron chi connectivity index (χ0n) is 15.3. The Kier molecular flexibility index (Phi) is 5.23. The first kappa shape index (κ1) is 17.8. The van der Waals surface area contributed by atoms with Gasteiger partial charge in [-0.15, -0.1) is 0 Å². The maximum atomic E-state index is 6.26. The van der Waals surface area contributed by atoms with E-state index in [1.807, 2.05) is 30.3 Å². The van der Waals surface area contributed by atoms with E-state index in [2.05, 4.69) is 65.0 Å². The zero-order chi connectivity index (χ0) is 18.6. The normalized spacial score (nSPS) is 11.4. The largest absolute Gasteiger partial charge is 0.322 e. The van der Waals surface area contributed by atoms with Gasteiger partial charge < -0.3 is 4.57 Å². The number of nitrogens with zero attached hydrogens (tertiary/aromatic N) is 3. The highest BCUT2D eigenvalue weighted by molar-refractivity contribution is 6.31. The number of halogens is 1. The van der Waals surface area contributed by atoms with E-state index in [1.165, 1.54) is 11.1 Å². The van der Waals surface area contributed by atoms with E-state index < -0.39 is 0 Å². The number of hydrogen-bond acceptors (Lipinski definition) is 2. The van der Waals surface area contributed by atoms with Crippen molar-refractivity contribution < 1.29 is 0 Å². The average Bonchev–Trinajstić information content (AvgIpc) is 3.00. The third-order valence-electron chi connectivity index (χ3n) is 4.68. The molecule has 27 heavy (non-hydrogen) atoms. The molecule has 0 N–H and O–H groups in total. The lowest BCUT2D eigenvalue weighted by Gasteiger charge is -2.18. The quantitative estimate of drug-likeness (QED) is 0.451. The van der Waals surface area contributed by atoms with E-state index in [9.17, 15) is 0 Å². The highest BCUT2D eigenvalue weighted by Crippen LogP contribution is 2.23. The van der Waals surface area contributed by atoms with Crippen LogP contribution in [-0.2, 0) is 19.6 Å². The Morgan fingerprint density at radius 3 is 2.22 bits per heavy atom. The lowest BCUT2D eigenvalue weighted by atomic mass is 10.2. The van der Waals surface area contributed by atoms with Gasteiger partial charge in [-0.3, -0.25) is 4.90 Å². The molecular weight excluding hydrogens is 354 g/mol. The Labute approximate surface area is 164 Å². The molecule has 0 saturated carbocycles. The molecule has 0 unspecified atom stereocenters. The molecule has 0 saturated heterocycles. The van der Waals surface area contributed by atoms with Crippen LogP contribution in [0.1, 0.15) is 17.0 Å². The van der Waals surface area contributed by atoms with Crippen molar-refractivity contribution in [3.8, 4) is 0 Å². The molecule has 0 atom stereocenters. The Hall–Kier alpha value is -2.62. The van der Waals surface area contributed by atoms with E-state index in [0.29, 0.717) is 0 Å². The minimum absolute atomic E-state index is 0.737. The lowest BCUT2D eigenvalue weighted by molar-refractivity contribution is 0.306. The van der Waals surface area contributed by atoms with Crippen LogP contribution in [-0.4, -0.2) is 21.5 Å². The van der Waals surface area contributed by atoms with Crippen LogP contribution in [0.2, 0.25) is 5.02 Å². The van der Waals surface area contributed by atoms with E-state index >= 15 is 0 Å². The smallest absolute Gasteiger partial charge is 0.124 e. The van der Waals surface area contributed by atoms with Gasteiger partial charge in [0.25, 0.3) is 0 Å². The van der Waals surface area contributed by atoms with Gasteiger partial charge in [0.1, 0.15) is 5.82 Å². The molecule has 4 rings (SSSR count). The minimum atomic E-state index is 0.737. The fourth-order valence-electron chi connectivity index (χ4n) is 3.40. The van der Waals surface area contributed by atoms with Gasteiger partial charge in [-0.2, -0.15) is 0 Å². The number of hydrogen-bond donors (Lipinski definition) is 0. The van der Waals surface area contributed by atoms with Crippen LogP contribution in [0.3, 0.4) is 0 Å². The van der Waals surface area contributed by atoms with Crippen LogP contribution in [0, 0.1) is 0 Å². The van der Waals surface area contributed by atoms with Crippen molar-refractivity contribution in [3.63, 3.8) is 0 Å². The van der Waals surface area contributed by atoms with Gasteiger partial charge in [0.2, 0.25) is 0 Å². The van der Waals surface area contributed by atoms with Gasteiger partial charge in [-0.1, -0.05) is 72.3 Å². The van der Waals surface area contributed by atoms with E-state index in [0.717, 1.165) is 41.5 Å². The van der Waals surface area contributed by atoms with Crippen LogP contribution in [0.25, 0.3) is 11.0 Å². The molecule has 3 nitrogen and oxygen atoms in total. The van der Waals surface area contributed by atoms with E-state index in [4.69, 9.17) is 16.6 Å². The van der Waals surface area contributed by atoms with Crippen molar-refractivity contribution in [2.24, 2.45) is 0 Å². The van der Waals surface area contributed by atoms with Gasteiger partial charge in [-0.25, -0.2) is 4.98 Å². The predicted molar refractivity (Wildman–Crippen MR) is 112 cm³/mol. The summed E-state index contributed by atoms with van der Waals surface area (Å²) in [6.07, 6.45) is 0. The van der Waals surface area contributed by atoms with Crippen LogP contribution in [0.5, 0.6) is 0 Å². The van der Waals surface area contributed by atoms with Crippen LogP contribution in [0.4, 0.5) is 0 Å². The molecule has 0 bridgehead atoms. The highest BCUT2D eigenvalue weighted by Gasteiger charge is 2.14. The summed E-state index contributed by atoms with van der Waals surface area (Å²) in [6.45, 7) is 2.44. The van der Waals surface area contributed by atoms with Gasteiger partial charge in [0.15, 0.2) is 0 Å². The average molecular weight is 376 g/mol. The standard InChI is InChI=1S/C23H22ClN3/c1-26(15-18-8-4-2-5-9-18)17-23-25-21-13-12-20(24)14-22(21)27(23)16-19-10-6-3-7-11-19/h2-14H,15-17H2,1H3. The molecule has 1 heterocycles. The molecule has 0 amide bonds. The lowest BCUT2D eigenvalue weighted by Crippen LogP contribution is -2.20. The number of aromatic nitrogens is 2. The third-order valence-corrected chi connectivity index (χ3v) is 4.91. The number of fused-ring (bicyclic) bond motifs is 1. The van der Waals surface area contributed by atoms with Gasteiger partial charge >= 0.3 is 0 Å². The first-order valence-corrected chi connectivity index (χ1v) is 9.48. The van der Waals surface area contributed by atoms with Crippen molar-refractivity contribution in [1.29, 1.82) is 0 Å². The second kappa shape index (κ2) is 7.95. The van der Waals surface area contributed by atoms with Gasteiger partial charge in [-0.05, 0) is 36.4 Å². The first-order chi connectivity index (χ1) is 13.2. The number of benzene rings is 3. The molecule has 1 aromatic heterocycles. The Morgan fingerprint density at radius 1 is 0.852 bits per heavy atom. The molecule has 0 spiro atoms. The fraction of sp³-hybridized carbons (Fsp3) is 0.174. The van der Waals surface area contributed by atoms with Crippen LogP contribution < -0.4 is 0 Å². The molecule has 4 heteroatoms. The van der Waals surface area contributed by atoms with Gasteiger partial charge in [0, 0.05) is 18.1 Å². The zero-order valence-corrected chi connectivity index (χ0v) is 16.1. The van der Waals surface area contributed by atoms with Crippen molar-refractivity contribution in [2.75, 3.05) is 7.05 Å². The molecule has 4 aromatic rings. The Bertz CT molecular complexity index is 1030. The molecule has 0 fully saturated rings. The van der Waals surface area contributed by atoms with Crippen molar-refractivity contribution in [3.05, 3.63) is 101 Å². The highest BCUT2D eigenvalue weighted by atomic mass is 35.5. The molecule has 3 aromatic carbocycles. The van der Waals surface area contributed by atoms with Crippen molar-refractivity contribution >= 4 is 22.6 Å². The molecule has 0 aliphatic heterocycles. The van der Waals surface area contributed by atoms with Crippen molar-refractivity contribution in [1.82, 2.24) is 14.5 Å². The summed E-state index contributed by atoms with van der Waals surface area (Å²) in [4.78, 5) is 7.19. The first-order valence-electron chi connectivity index (χ1n) is 9.10. The summed E-state index contributed by atoms with van der Waals surface area (Å²) >= 11 is 6.26. The summed E-state index contributed by atoms with van der Waals surface area (Å²) in [6, 6.07) is 26.9. The molecule has 0 aliphatic carbocycles. The summed E-state index contributed by atoms with van der Waals surface area (Å²) in [5.74, 6) is 1.05. The molecular formula is C23H22ClN3. The topological polar surface area (TPSA) is 21.1 Å². The summed E-state index contributed by atoms with van der Waals surface area (Å²) in [7, 11) is 2.13. The summed E-state index contributed by atoms with van der Waals surface area (Å²) < 4.78 is 2.28. The van der Waals surface area contributed by atoms with Gasteiger partial charge in [0.05, 0.1) is 17.6 Å². The molecule has 136 valence electrons. The fourth-order valence-corrected chi connectivity index (χ4v) is 3.57. The van der Waals surface area contributed by atoms with Crippen molar-refractivity contribution in [2.45, 2.75) is 19.6 Å². The number of rotatable bonds is 6. The SMILES string of the molecule is CN(Cc1ccccc1)Cc1nc2ccc(Cl)cc2n1Cc1ccccc1. The second-order valence-corrected chi connectivity index (χ2v) is 7.33.